The number of likely N-dealkylation sites (N-methyl/N-ethyl adjacent to an activating group) is 2. The van der Waals surface area contributed by atoms with E-state index in [0.29, 0.717) is 18.8 Å². The van der Waals surface area contributed by atoms with E-state index in [1.807, 2.05) is 18.7 Å². The summed E-state index contributed by atoms with van der Waals surface area (Å²) in [5.74, 6) is 0.541. The van der Waals surface area contributed by atoms with Crippen molar-refractivity contribution in [3.05, 3.63) is 0 Å². The van der Waals surface area contributed by atoms with Crippen LogP contribution < -0.4 is 10.6 Å². The lowest BCUT2D eigenvalue weighted by atomic mass is 9.93. The molecule has 5 atom stereocenters. The Morgan fingerprint density at radius 1 is 1.12 bits per heavy atom. The first-order valence-corrected chi connectivity index (χ1v) is 13.0. The summed E-state index contributed by atoms with van der Waals surface area (Å²) in [5.41, 5.74) is 0. The number of amides is 3. The van der Waals surface area contributed by atoms with E-state index in [9.17, 15) is 14.4 Å². The maximum atomic E-state index is 13.2. The second kappa shape index (κ2) is 14.7. The molecule has 1 rings (SSSR count). The summed E-state index contributed by atoms with van der Waals surface area (Å²) in [5, 5.41) is 5.77. The van der Waals surface area contributed by atoms with Gasteiger partial charge >= 0.3 is 0 Å². The van der Waals surface area contributed by atoms with Gasteiger partial charge in [0.25, 0.3) is 0 Å². The summed E-state index contributed by atoms with van der Waals surface area (Å²) < 4.78 is 5.73. The molecule has 1 aliphatic rings. The van der Waals surface area contributed by atoms with E-state index in [1.54, 1.807) is 26.1 Å². The van der Waals surface area contributed by atoms with Crippen molar-refractivity contribution in [1.82, 2.24) is 20.4 Å². The monoisotopic (exact) mass is 482 g/mol. The third-order valence-electron chi connectivity index (χ3n) is 7.45. The minimum Gasteiger partial charge on any atom is -0.379 e. The van der Waals surface area contributed by atoms with Crippen LogP contribution in [0.5, 0.6) is 0 Å². The van der Waals surface area contributed by atoms with E-state index in [4.69, 9.17) is 4.74 Å². The Labute approximate surface area is 207 Å². The largest absolute Gasteiger partial charge is 0.379 e. The lowest BCUT2D eigenvalue weighted by Crippen LogP contribution is -2.51. The molecule has 0 spiro atoms. The molecule has 0 radical (unpaired) electrons. The number of hydrogen-bond acceptors (Lipinski definition) is 5. The molecule has 0 saturated carbocycles. The van der Waals surface area contributed by atoms with Crippen LogP contribution in [0.15, 0.2) is 0 Å². The average Bonchev–Trinajstić information content (AvgIpc) is 3.26. The SMILES string of the molecule is CC[C@H](C)C(CCC(=O)N1CCCC1C(OC)C(C)C)N(C)C(=O)CNC(=O)C(NC)C(C)C. The molecule has 1 heterocycles. The highest BCUT2D eigenvalue weighted by molar-refractivity contribution is 5.87. The third kappa shape index (κ3) is 8.22. The number of ether oxygens (including phenoxy) is 1. The molecule has 1 aliphatic heterocycles. The van der Waals surface area contributed by atoms with Crippen molar-refractivity contribution >= 4 is 17.7 Å². The van der Waals surface area contributed by atoms with Crippen molar-refractivity contribution in [3.63, 3.8) is 0 Å². The van der Waals surface area contributed by atoms with Gasteiger partial charge in [0, 0.05) is 33.2 Å². The van der Waals surface area contributed by atoms with Crippen molar-refractivity contribution in [2.75, 3.05) is 34.3 Å². The predicted octanol–water partition coefficient (Wildman–Crippen LogP) is 2.66. The van der Waals surface area contributed by atoms with Crippen molar-refractivity contribution in [2.45, 2.75) is 97.9 Å². The molecule has 2 N–H and O–H groups in total. The molecule has 0 aromatic rings. The highest BCUT2D eigenvalue weighted by Crippen LogP contribution is 2.28. The van der Waals surface area contributed by atoms with Gasteiger partial charge in [0.05, 0.1) is 24.7 Å². The molecule has 1 saturated heterocycles. The van der Waals surface area contributed by atoms with Gasteiger partial charge in [0.15, 0.2) is 0 Å². The standard InChI is InChI=1S/C26H50N4O4/c1-10-19(6)20(29(8)23(32)16-28-26(33)24(27-7)17(2)3)13-14-22(31)30-15-11-12-21(30)25(34-9)18(4)5/h17-21,24-25,27H,10-16H2,1-9H3,(H,28,33)/t19-,20?,21?,24?,25?/m0/s1. The van der Waals surface area contributed by atoms with Crippen molar-refractivity contribution in [2.24, 2.45) is 17.8 Å². The Balaban J connectivity index is 2.77. The van der Waals surface area contributed by atoms with Gasteiger partial charge in [-0.2, -0.15) is 0 Å². The molecule has 3 amide bonds. The lowest BCUT2D eigenvalue weighted by molar-refractivity contribution is -0.138. The summed E-state index contributed by atoms with van der Waals surface area (Å²) in [7, 11) is 5.26. The molecule has 0 aromatic heterocycles. The van der Waals surface area contributed by atoms with Crippen molar-refractivity contribution < 1.29 is 19.1 Å². The van der Waals surface area contributed by atoms with Crippen LogP contribution in [0.2, 0.25) is 0 Å². The molecule has 8 heteroatoms. The van der Waals surface area contributed by atoms with Crippen LogP contribution in [0.3, 0.4) is 0 Å². The first kappa shape index (κ1) is 30.4. The van der Waals surface area contributed by atoms with E-state index >= 15 is 0 Å². The maximum Gasteiger partial charge on any atom is 0.241 e. The molecular formula is C26H50N4O4. The van der Waals surface area contributed by atoms with Gasteiger partial charge in [0.1, 0.15) is 0 Å². The molecule has 4 unspecified atom stereocenters. The highest BCUT2D eigenvalue weighted by atomic mass is 16.5. The molecule has 0 aromatic carbocycles. The number of hydrogen-bond donors (Lipinski definition) is 2. The van der Waals surface area contributed by atoms with E-state index in [0.717, 1.165) is 25.8 Å². The van der Waals surface area contributed by atoms with Crippen LogP contribution in [0, 0.1) is 17.8 Å². The van der Waals surface area contributed by atoms with Crippen LogP contribution in [0.25, 0.3) is 0 Å². The number of carbonyl (C=O) groups is 3. The van der Waals surface area contributed by atoms with Crippen LogP contribution in [0.4, 0.5) is 0 Å². The van der Waals surface area contributed by atoms with Gasteiger partial charge in [-0.05, 0) is 44.1 Å². The zero-order valence-electron chi connectivity index (χ0n) is 23.0. The van der Waals surface area contributed by atoms with Gasteiger partial charge in [0.2, 0.25) is 17.7 Å². The first-order chi connectivity index (χ1) is 16.0. The maximum absolute atomic E-state index is 13.2. The van der Waals surface area contributed by atoms with E-state index in [1.165, 1.54) is 0 Å². The van der Waals surface area contributed by atoms with Gasteiger partial charge in [-0.15, -0.1) is 0 Å². The molecule has 1 fully saturated rings. The third-order valence-corrected chi connectivity index (χ3v) is 7.45. The molecule has 198 valence electrons. The minimum absolute atomic E-state index is 0.0388. The number of nitrogens with one attached hydrogen (secondary N) is 2. The summed E-state index contributed by atoms with van der Waals surface area (Å²) in [6, 6.07) is -0.278. The smallest absolute Gasteiger partial charge is 0.241 e. The fraction of sp³-hybridized carbons (Fsp3) is 0.885. The number of nitrogens with zero attached hydrogens (tertiary/aromatic N) is 2. The van der Waals surface area contributed by atoms with Crippen molar-refractivity contribution in [1.29, 1.82) is 0 Å². The number of rotatable bonds is 14. The van der Waals surface area contributed by atoms with E-state index in [-0.39, 0.29) is 60.3 Å². The van der Waals surface area contributed by atoms with E-state index < -0.39 is 0 Å². The quantitative estimate of drug-likeness (QED) is 0.397. The Hall–Kier alpha value is -1.67. The molecule has 34 heavy (non-hydrogen) atoms. The zero-order chi connectivity index (χ0) is 26.0. The fourth-order valence-electron chi connectivity index (χ4n) is 5.21. The average molecular weight is 483 g/mol. The second-order valence-electron chi connectivity index (χ2n) is 10.5. The fourth-order valence-corrected chi connectivity index (χ4v) is 5.21. The minimum atomic E-state index is -0.337. The normalized spacial score (nSPS) is 19.7. The number of methoxy groups -OCH3 is 1. The van der Waals surface area contributed by atoms with Crippen molar-refractivity contribution in [3.8, 4) is 0 Å². The molecule has 0 bridgehead atoms. The van der Waals surface area contributed by atoms with Gasteiger partial charge in [-0.25, -0.2) is 0 Å². The molecule has 0 aliphatic carbocycles. The van der Waals surface area contributed by atoms with Gasteiger partial charge < -0.3 is 25.2 Å². The van der Waals surface area contributed by atoms with Crippen LogP contribution in [-0.4, -0.2) is 86.0 Å². The summed E-state index contributed by atoms with van der Waals surface area (Å²) in [6.07, 6.45) is 3.93. The van der Waals surface area contributed by atoms with Crippen LogP contribution in [0.1, 0.15) is 73.6 Å². The topological polar surface area (TPSA) is 91.0 Å². The van der Waals surface area contributed by atoms with E-state index in [2.05, 4.69) is 38.3 Å². The Kier molecular flexibility index (Phi) is 13.1. The number of carbonyl (C=O) groups excluding carboxylic acids is 3. The Morgan fingerprint density at radius 3 is 2.26 bits per heavy atom. The predicted molar refractivity (Wildman–Crippen MR) is 136 cm³/mol. The Morgan fingerprint density at radius 2 is 1.76 bits per heavy atom. The van der Waals surface area contributed by atoms with Crippen LogP contribution in [-0.2, 0) is 19.1 Å². The van der Waals surface area contributed by atoms with Gasteiger partial charge in [-0.3, -0.25) is 14.4 Å². The van der Waals surface area contributed by atoms with Gasteiger partial charge in [-0.1, -0.05) is 48.0 Å². The molecular weight excluding hydrogens is 432 g/mol. The summed E-state index contributed by atoms with van der Waals surface area (Å²) in [6.45, 7) is 13.1. The summed E-state index contributed by atoms with van der Waals surface area (Å²) >= 11 is 0. The first-order valence-electron chi connectivity index (χ1n) is 13.0. The zero-order valence-corrected chi connectivity index (χ0v) is 23.0. The molecule has 8 nitrogen and oxygen atoms in total. The highest BCUT2D eigenvalue weighted by Gasteiger charge is 2.36. The number of likely N-dealkylation sites (tertiary alicyclic amines) is 1. The Bertz CT molecular complexity index is 655. The lowest BCUT2D eigenvalue weighted by Gasteiger charge is -2.35. The second-order valence-corrected chi connectivity index (χ2v) is 10.5. The summed E-state index contributed by atoms with van der Waals surface area (Å²) in [4.78, 5) is 42.3. The van der Waals surface area contributed by atoms with Crippen LogP contribution >= 0.6 is 0 Å².